The van der Waals surface area contributed by atoms with Crippen LogP contribution in [-0.4, -0.2) is 14.5 Å². The quantitative estimate of drug-likeness (QED) is 0.182. The Morgan fingerprint density at radius 2 is 1.13 bits per heavy atom. The molecule has 2 aliphatic carbocycles. The standard InChI is InChI=1S/C51H29N3S/c1-3-14-30(15-4-1)33-28-40-45-42(29-33)54(50-52-47(32-16-5-2-6-17-32)49-48(53-50)36-21-9-12-25-43(36)55-49)41-27-26-31-18-13-24-39(44(31)46(41)45)51(40)37-22-10-7-19-34(37)35-20-8-11-23-38(35)51/h1-29H. The lowest BCUT2D eigenvalue weighted by molar-refractivity contribution is 0.783. The van der Waals surface area contributed by atoms with Gasteiger partial charge in [0.1, 0.15) is 0 Å². The first-order valence-electron chi connectivity index (χ1n) is 18.8. The topological polar surface area (TPSA) is 30.7 Å². The second-order valence-corrected chi connectivity index (χ2v) is 15.9. The van der Waals surface area contributed by atoms with Crippen LogP contribution >= 0.6 is 11.3 Å². The molecule has 55 heavy (non-hydrogen) atoms. The molecule has 0 saturated heterocycles. The molecule has 3 heterocycles. The SMILES string of the molecule is c1ccc(-c2cc3c4c5c6c(cccc6ccc5n(-c5nc(-c6ccccc6)c6sc7ccccc7c6n5)c4c2)C32c3ccccc3-c3ccccc32)cc1. The maximum atomic E-state index is 5.56. The Balaban J connectivity index is 1.26. The molecule has 0 saturated carbocycles. The average molecular weight is 716 g/mol. The summed E-state index contributed by atoms with van der Waals surface area (Å²) in [5, 5.41) is 6.25. The molecule has 0 radical (unpaired) electrons. The van der Waals surface area contributed by atoms with Crippen molar-refractivity contribution in [2.24, 2.45) is 0 Å². The molecule has 0 atom stereocenters. The van der Waals surface area contributed by atoms with Crippen LogP contribution in [-0.2, 0) is 5.41 Å². The van der Waals surface area contributed by atoms with E-state index in [-0.39, 0.29) is 0 Å². The van der Waals surface area contributed by atoms with Crippen LogP contribution in [0.25, 0.3) is 92.3 Å². The second kappa shape index (κ2) is 10.6. The van der Waals surface area contributed by atoms with E-state index in [0.29, 0.717) is 5.95 Å². The fraction of sp³-hybridized carbons (Fsp3) is 0.0196. The second-order valence-electron chi connectivity index (χ2n) is 14.8. The number of nitrogens with zero attached hydrogens (tertiary/aromatic N) is 3. The molecule has 1 spiro atoms. The molecule has 4 heteroatoms. The van der Waals surface area contributed by atoms with Crippen LogP contribution < -0.4 is 0 Å². The summed E-state index contributed by atoms with van der Waals surface area (Å²) in [6.45, 7) is 0. The Labute approximate surface area is 320 Å². The molecule has 8 aromatic carbocycles. The van der Waals surface area contributed by atoms with Gasteiger partial charge in [-0.1, -0.05) is 152 Å². The predicted molar refractivity (Wildman–Crippen MR) is 228 cm³/mol. The van der Waals surface area contributed by atoms with Gasteiger partial charge in [-0.25, -0.2) is 9.97 Å². The molecule has 11 aromatic rings. The normalized spacial score (nSPS) is 13.6. The van der Waals surface area contributed by atoms with Crippen LogP contribution in [0.5, 0.6) is 0 Å². The van der Waals surface area contributed by atoms with Crippen molar-refractivity contribution in [2.75, 3.05) is 0 Å². The van der Waals surface area contributed by atoms with Crippen molar-refractivity contribution >= 4 is 64.2 Å². The maximum Gasteiger partial charge on any atom is 0.235 e. The first-order chi connectivity index (χ1) is 27.3. The van der Waals surface area contributed by atoms with E-state index in [0.717, 1.165) is 37.9 Å². The van der Waals surface area contributed by atoms with Crippen LogP contribution in [0.1, 0.15) is 22.3 Å². The highest BCUT2D eigenvalue weighted by molar-refractivity contribution is 7.26. The van der Waals surface area contributed by atoms with Crippen molar-refractivity contribution in [3.63, 3.8) is 0 Å². The number of benzene rings is 8. The molecule has 3 nitrogen and oxygen atoms in total. The largest absolute Gasteiger partial charge is 0.278 e. The molecule has 0 fully saturated rings. The lowest BCUT2D eigenvalue weighted by Crippen LogP contribution is -2.30. The Kier molecular flexibility index (Phi) is 5.71. The van der Waals surface area contributed by atoms with Crippen LogP contribution in [0.4, 0.5) is 0 Å². The summed E-state index contributed by atoms with van der Waals surface area (Å²) in [5.74, 6) is 0.686. The molecular weight excluding hydrogens is 687 g/mol. The smallest absolute Gasteiger partial charge is 0.235 e. The summed E-state index contributed by atoms with van der Waals surface area (Å²) < 4.78 is 4.69. The Morgan fingerprint density at radius 3 is 1.91 bits per heavy atom. The summed E-state index contributed by atoms with van der Waals surface area (Å²) in [6.07, 6.45) is 0. The molecule has 0 unspecified atom stereocenters. The minimum absolute atomic E-state index is 0.521. The highest BCUT2D eigenvalue weighted by atomic mass is 32.1. The maximum absolute atomic E-state index is 5.56. The van der Waals surface area contributed by atoms with Crippen LogP contribution in [0.3, 0.4) is 0 Å². The Bertz CT molecular complexity index is 3380. The summed E-state index contributed by atoms with van der Waals surface area (Å²) in [6, 6.07) is 64.6. The monoisotopic (exact) mass is 715 g/mol. The van der Waals surface area contributed by atoms with Crippen molar-refractivity contribution < 1.29 is 0 Å². The van der Waals surface area contributed by atoms with E-state index in [1.807, 2.05) is 0 Å². The van der Waals surface area contributed by atoms with E-state index < -0.39 is 5.41 Å². The van der Waals surface area contributed by atoms with E-state index in [4.69, 9.17) is 9.97 Å². The van der Waals surface area contributed by atoms with Gasteiger partial charge in [0.25, 0.3) is 0 Å². The zero-order valence-electron chi connectivity index (χ0n) is 29.5. The van der Waals surface area contributed by atoms with Gasteiger partial charge >= 0.3 is 0 Å². The van der Waals surface area contributed by atoms with Gasteiger partial charge < -0.3 is 0 Å². The van der Waals surface area contributed by atoms with Crippen molar-refractivity contribution in [2.45, 2.75) is 5.41 Å². The van der Waals surface area contributed by atoms with E-state index in [1.54, 1.807) is 11.3 Å². The zero-order chi connectivity index (χ0) is 35.8. The minimum Gasteiger partial charge on any atom is -0.278 e. The number of rotatable bonds is 3. The molecular formula is C51H29N3S. The molecule has 2 aliphatic rings. The van der Waals surface area contributed by atoms with Gasteiger partial charge in [-0.05, 0) is 79.5 Å². The highest BCUT2D eigenvalue weighted by Crippen LogP contribution is 2.62. The van der Waals surface area contributed by atoms with Crippen molar-refractivity contribution in [3.8, 4) is 39.5 Å². The molecule has 254 valence electrons. The highest BCUT2D eigenvalue weighted by Gasteiger charge is 2.50. The summed E-state index contributed by atoms with van der Waals surface area (Å²) in [5.41, 5.74) is 15.0. The van der Waals surface area contributed by atoms with Crippen LogP contribution in [0.15, 0.2) is 176 Å². The van der Waals surface area contributed by atoms with Crippen molar-refractivity contribution in [1.29, 1.82) is 0 Å². The lowest BCUT2D eigenvalue weighted by atomic mass is 9.63. The average Bonchev–Trinajstić information content (AvgIpc) is 3.90. The summed E-state index contributed by atoms with van der Waals surface area (Å²) >= 11 is 1.77. The molecule has 3 aromatic heterocycles. The van der Waals surface area contributed by atoms with Gasteiger partial charge in [-0.2, -0.15) is 0 Å². The van der Waals surface area contributed by atoms with Gasteiger partial charge in [0, 0.05) is 26.4 Å². The third-order valence-corrected chi connectivity index (χ3v) is 13.4. The molecule has 0 aliphatic heterocycles. The first-order valence-corrected chi connectivity index (χ1v) is 19.7. The minimum atomic E-state index is -0.521. The van der Waals surface area contributed by atoms with Crippen molar-refractivity contribution in [1.82, 2.24) is 14.5 Å². The number of thiophene rings is 1. The third kappa shape index (κ3) is 3.70. The van der Waals surface area contributed by atoms with Gasteiger partial charge in [0.15, 0.2) is 0 Å². The van der Waals surface area contributed by atoms with Gasteiger partial charge in [-0.3, -0.25) is 4.57 Å². The molecule has 0 amide bonds. The summed E-state index contributed by atoms with van der Waals surface area (Å²) in [7, 11) is 0. The predicted octanol–water partition coefficient (Wildman–Crippen LogP) is 13.1. The van der Waals surface area contributed by atoms with Crippen LogP contribution in [0, 0.1) is 0 Å². The van der Waals surface area contributed by atoms with Crippen molar-refractivity contribution in [3.05, 3.63) is 198 Å². The number of aromatic nitrogens is 3. The van der Waals surface area contributed by atoms with Crippen LogP contribution in [0.2, 0.25) is 0 Å². The number of hydrogen-bond donors (Lipinski definition) is 0. The van der Waals surface area contributed by atoms with E-state index in [2.05, 4.69) is 180 Å². The fourth-order valence-corrected chi connectivity index (χ4v) is 11.2. The Hall–Kier alpha value is -6.88. The van der Waals surface area contributed by atoms with Gasteiger partial charge in [-0.15, -0.1) is 11.3 Å². The van der Waals surface area contributed by atoms with E-state index >= 15 is 0 Å². The van der Waals surface area contributed by atoms with Gasteiger partial charge in [0.2, 0.25) is 5.95 Å². The first kappa shape index (κ1) is 29.6. The number of hydrogen-bond acceptors (Lipinski definition) is 3. The molecule has 0 bridgehead atoms. The number of fused-ring (bicyclic) bond motifs is 10. The zero-order valence-corrected chi connectivity index (χ0v) is 30.3. The molecule has 0 N–H and O–H groups in total. The molecule has 13 rings (SSSR count). The third-order valence-electron chi connectivity index (χ3n) is 12.2. The Morgan fingerprint density at radius 1 is 0.455 bits per heavy atom. The fourth-order valence-electron chi connectivity index (χ4n) is 10.1. The lowest BCUT2D eigenvalue weighted by Gasteiger charge is -2.38. The van der Waals surface area contributed by atoms with Gasteiger partial charge in [0.05, 0.1) is 32.4 Å². The van der Waals surface area contributed by atoms with E-state index in [1.165, 1.54) is 70.8 Å². The summed E-state index contributed by atoms with van der Waals surface area (Å²) in [4.78, 5) is 11.1. The van der Waals surface area contributed by atoms with E-state index in [9.17, 15) is 0 Å².